The molecular weight excluding hydrogens is 383 g/mol. The number of benzene rings is 2. The van der Waals surface area contributed by atoms with Gasteiger partial charge >= 0.3 is 0 Å². The zero-order chi connectivity index (χ0) is 20.9. The average molecular weight is 410 g/mol. The fraction of sp³-hybridized carbons (Fsp3) is 0.375. The summed E-state index contributed by atoms with van der Waals surface area (Å²) >= 11 is 0. The van der Waals surface area contributed by atoms with Gasteiger partial charge in [-0.2, -0.15) is 0 Å². The van der Waals surface area contributed by atoms with E-state index in [-0.39, 0.29) is 12.4 Å². The largest absolute Gasteiger partial charge is 0.394 e. The lowest BCUT2D eigenvalue weighted by Crippen LogP contribution is -2.31. The number of aliphatic hydroxyl groups excluding tert-OH is 1. The summed E-state index contributed by atoms with van der Waals surface area (Å²) in [6.45, 7) is 2.90. The lowest BCUT2D eigenvalue weighted by atomic mass is 9.98. The van der Waals surface area contributed by atoms with Crippen LogP contribution in [-0.2, 0) is 16.0 Å². The topological polar surface area (TPSA) is 53.0 Å². The number of aldehydes is 1. The van der Waals surface area contributed by atoms with Gasteiger partial charge in [-0.05, 0) is 42.2 Å². The van der Waals surface area contributed by atoms with E-state index in [0.717, 1.165) is 38.0 Å². The average Bonchev–Trinajstić information content (AvgIpc) is 3.22. The highest BCUT2D eigenvalue weighted by Gasteiger charge is 2.32. The van der Waals surface area contributed by atoms with Gasteiger partial charge in [-0.3, -0.25) is 9.69 Å². The molecule has 30 heavy (non-hydrogen) atoms. The van der Waals surface area contributed by atoms with Crippen molar-refractivity contribution in [2.75, 3.05) is 37.7 Å². The predicted molar refractivity (Wildman–Crippen MR) is 115 cm³/mol. The minimum atomic E-state index is -0.792. The molecule has 0 aromatic heterocycles. The van der Waals surface area contributed by atoms with Crippen LogP contribution in [0.1, 0.15) is 17.5 Å². The van der Waals surface area contributed by atoms with Crippen molar-refractivity contribution in [2.45, 2.75) is 25.2 Å². The molecule has 1 saturated heterocycles. The van der Waals surface area contributed by atoms with E-state index in [4.69, 9.17) is 4.74 Å². The van der Waals surface area contributed by atoms with Gasteiger partial charge in [0.2, 0.25) is 0 Å². The summed E-state index contributed by atoms with van der Waals surface area (Å²) in [4.78, 5) is 15.3. The SMILES string of the molecule is O=CC1O[C@@H](CO)CN1c1ccc(C2=CCN(CCc3ccccc3)CC2)c(F)c1. The highest BCUT2D eigenvalue weighted by atomic mass is 19.1. The molecule has 1 N–H and O–H groups in total. The van der Waals surface area contributed by atoms with E-state index in [9.17, 15) is 14.3 Å². The maximum atomic E-state index is 14.9. The third-order valence-corrected chi connectivity index (χ3v) is 5.84. The minimum Gasteiger partial charge on any atom is -0.394 e. The highest BCUT2D eigenvalue weighted by molar-refractivity contribution is 5.71. The molecule has 2 aliphatic rings. The number of aliphatic hydroxyl groups is 1. The molecule has 1 unspecified atom stereocenters. The molecule has 0 amide bonds. The summed E-state index contributed by atoms with van der Waals surface area (Å²) in [6, 6.07) is 15.5. The van der Waals surface area contributed by atoms with Crippen molar-refractivity contribution >= 4 is 17.5 Å². The van der Waals surface area contributed by atoms with Gasteiger partial charge in [0.05, 0.1) is 6.61 Å². The number of nitrogens with zero attached hydrogens (tertiary/aromatic N) is 2. The van der Waals surface area contributed by atoms with E-state index < -0.39 is 12.3 Å². The van der Waals surface area contributed by atoms with Gasteiger partial charge in [0.15, 0.2) is 12.5 Å². The number of carbonyl (C=O) groups excluding carboxylic acids is 1. The first-order valence-corrected chi connectivity index (χ1v) is 10.4. The van der Waals surface area contributed by atoms with Crippen molar-refractivity contribution in [2.24, 2.45) is 0 Å². The Morgan fingerprint density at radius 1 is 1.20 bits per heavy atom. The van der Waals surface area contributed by atoms with Crippen molar-refractivity contribution in [3.63, 3.8) is 0 Å². The van der Waals surface area contributed by atoms with Crippen LogP contribution in [-0.4, -0.2) is 61.4 Å². The maximum absolute atomic E-state index is 14.9. The van der Waals surface area contributed by atoms with Gasteiger partial charge in [-0.1, -0.05) is 36.4 Å². The van der Waals surface area contributed by atoms with Crippen LogP contribution in [0.2, 0.25) is 0 Å². The first kappa shape index (κ1) is 20.7. The smallest absolute Gasteiger partial charge is 0.187 e. The van der Waals surface area contributed by atoms with E-state index in [2.05, 4.69) is 35.2 Å². The quantitative estimate of drug-likeness (QED) is 0.712. The lowest BCUT2D eigenvalue weighted by Gasteiger charge is -2.27. The summed E-state index contributed by atoms with van der Waals surface area (Å²) in [5.41, 5.74) is 3.55. The number of halogens is 1. The monoisotopic (exact) mass is 410 g/mol. The number of hydrogen-bond acceptors (Lipinski definition) is 5. The molecule has 0 radical (unpaired) electrons. The Bertz CT molecular complexity index is 903. The number of hydrogen-bond donors (Lipinski definition) is 1. The Kier molecular flexibility index (Phi) is 6.57. The Morgan fingerprint density at radius 3 is 2.70 bits per heavy atom. The molecule has 1 fully saturated rings. The second-order valence-electron chi connectivity index (χ2n) is 7.80. The molecule has 4 rings (SSSR count). The van der Waals surface area contributed by atoms with Crippen molar-refractivity contribution in [3.8, 4) is 0 Å². The molecule has 0 bridgehead atoms. The van der Waals surface area contributed by atoms with E-state index in [1.807, 2.05) is 12.1 Å². The number of rotatable bonds is 7. The molecule has 2 atom stereocenters. The van der Waals surface area contributed by atoms with Gasteiger partial charge in [-0.15, -0.1) is 0 Å². The summed E-state index contributed by atoms with van der Waals surface area (Å²) in [5.74, 6) is -0.298. The molecule has 2 aliphatic heterocycles. The number of anilines is 1. The highest BCUT2D eigenvalue weighted by Crippen LogP contribution is 2.30. The van der Waals surface area contributed by atoms with Crippen LogP contribution in [0.3, 0.4) is 0 Å². The summed E-state index contributed by atoms with van der Waals surface area (Å²) in [6.07, 6.45) is 3.38. The Hall–Kier alpha value is -2.54. The first-order chi connectivity index (χ1) is 14.7. The Labute approximate surface area is 176 Å². The van der Waals surface area contributed by atoms with Gasteiger partial charge in [0, 0.05) is 37.4 Å². The van der Waals surface area contributed by atoms with E-state index in [0.29, 0.717) is 24.1 Å². The summed E-state index contributed by atoms with van der Waals surface area (Å²) in [7, 11) is 0. The van der Waals surface area contributed by atoms with Crippen LogP contribution in [0.5, 0.6) is 0 Å². The molecule has 0 saturated carbocycles. The molecule has 6 heteroatoms. The number of carbonyl (C=O) groups is 1. The standard InChI is InChI=1S/C24H27FN2O3/c25-23-14-20(27-15-21(16-28)30-24(27)17-29)6-7-22(23)19-9-12-26(13-10-19)11-8-18-4-2-1-3-5-18/h1-7,9,14,17,21,24,28H,8,10-13,15-16H2/t21-,24?/m1/s1. The van der Waals surface area contributed by atoms with Crippen molar-refractivity contribution < 1.29 is 19.0 Å². The van der Waals surface area contributed by atoms with Gasteiger partial charge in [0.25, 0.3) is 0 Å². The summed E-state index contributed by atoms with van der Waals surface area (Å²) in [5, 5.41) is 9.28. The Morgan fingerprint density at radius 2 is 2.03 bits per heavy atom. The minimum absolute atomic E-state index is 0.172. The fourth-order valence-electron chi connectivity index (χ4n) is 4.13. The van der Waals surface area contributed by atoms with Crippen LogP contribution in [0, 0.1) is 5.82 Å². The summed E-state index contributed by atoms with van der Waals surface area (Å²) < 4.78 is 20.4. The fourth-order valence-corrected chi connectivity index (χ4v) is 4.13. The van der Waals surface area contributed by atoms with E-state index in [1.165, 1.54) is 11.6 Å². The molecule has 0 aliphatic carbocycles. The molecule has 2 aromatic carbocycles. The molecular formula is C24H27FN2O3. The van der Waals surface area contributed by atoms with E-state index >= 15 is 0 Å². The Balaban J connectivity index is 1.40. The molecule has 158 valence electrons. The van der Waals surface area contributed by atoms with Crippen LogP contribution in [0.15, 0.2) is 54.6 Å². The zero-order valence-electron chi connectivity index (χ0n) is 16.9. The lowest BCUT2D eigenvalue weighted by molar-refractivity contribution is -0.117. The van der Waals surface area contributed by atoms with Gasteiger partial charge < -0.3 is 14.7 Å². The molecule has 2 heterocycles. The second-order valence-corrected chi connectivity index (χ2v) is 7.80. The molecule has 0 spiro atoms. The predicted octanol–water partition coefficient (Wildman–Crippen LogP) is 2.88. The van der Waals surface area contributed by atoms with Crippen molar-refractivity contribution in [1.29, 1.82) is 0 Å². The molecule has 5 nitrogen and oxygen atoms in total. The van der Waals surface area contributed by atoms with Crippen LogP contribution in [0.4, 0.5) is 10.1 Å². The van der Waals surface area contributed by atoms with Crippen LogP contribution >= 0.6 is 0 Å². The van der Waals surface area contributed by atoms with Crippen LogP contribution < -0.4 is 4.90 Å². The third-order valence-electron chi connectivity index (χ3n) is 5.84. The van der Waals surface area contributed by atoms with Crippen molar-refractivity contribution in [1.82, 2.24) is 4.90 Å². The zero-order valence-corrected chi connectivity index (χ0v) is 16.9. The van der Waals surface area contributed by atoms with Gasteiger partial charge in [0.1, 0.15) is 11.9 Å². The van der Waals surface area contributed by atoms with E-state index in [1.54, 1.807) is 11.0 Å². The maximum Gasteiger partial charge on any atom is 0.187 e. The van der Waals surface area contributed by atoms with Crippen LogP contribution in [0.25, 0.3) is 5.57 Å². The molecule has 2 aromatic rings. The van der Waals surface area contributed by atoms with Crippen molar-refractivity contribution in [3.05, 3.63) is 71.6 Å². The second kappa shape index (κ2) is 9.51. The first-order valence-electron chi connectivity index (χ1n) is 10.4. The number of ether oxygens (including phenoxy) is 1. The third kappa shape index (κ3) is 4.61. The van der Waals surface area contributed by atoms with Gasteiger partial charge in [-0.25, -0.2) is 4.39 Å². The normalized spacial score (nSPS) is 22.2.